The molecule has 0 saturated carbocycles. The molecular weight excluding hydrogens is 577 g/mol. The molecule has 1 atom stereocenters. The Morgan fingerprint density at radius 1 is 0.484 bits per heavy atom. The quantitative estimate of drug-likeness (QED) is 0.173. The second kappa shape index (κ2) is 26.4. The van der Waals surface area contributed by atoms with E-state index < -0.39 is 68.6 Å². The third kappa shape index (κ3) is 44.8. The van der Waals surface area contributed by atoms with Crippen LogP contribution in [0, 0.1) is 0 Å². The number of nitrogens with zero attached hydrogens (tertiary/aromatic N) is 2. The van der Waals surface area contributed by atoms with Crippen molar-refractivity contribution in [2.24, 2.45) is 0 Å². The first-order chi connectivity index (χ1) is 10.4. The van der Waals surface area contributed by atoms with Gasteiger partial charge in [-0.15, -0.1) is 0 Å². The fourth-order valence-electron chi connectivity index (χ4n) is 1.64. The summed E-state index contributed by atoms with van der Waals surface area (Å²) < 4.78 is 42.8. The van der Waals surface area contributed by atoms with Gasteiger partial charge < -0.3 is 57.4 Å². The van der Waals surface area contributed by atoms with Crippen molar-refractivity contribution >= 4 is 30.4 Å². The SMILES string of the molecule is O=P([O-])([O-])CN(CCN(CP(=O)([O-])[O-])CP(=O)([O-])O)CP(=O)([O-])[O-].[Na+].[Na+].[Na+].[Na+].[Na+].[Na+].[Na+]. The molecule has 0 amide bonds. The minimum absolute atomic E-state index is 0. The summed E-state index contributed by atoms with van der Waals surface area (Å²) in [5.41, 5.74) is 0. The predicted molar refractivity (Wildman–Crippen MR) is 65.5 cm³/mol. The molecule has 0 aromatic rings. The molecule has 0 bridgehead atoms. The second-order valence-corrected chi connectivity index (χ2v) is 10.9. The first-order valence-corrected chi connectivity index (χ1v) is 12.8. The van der Waals surface area contributed by atoms with Gasteiger partial charge in [0.15, 0.2) is 0 Å². The zero-order valence-corrected chi connectivity index (χ0v) is 36.4. The van der Waals surface area contributed by atoms with Crippen LogP contribution >= 0.6 is 30.4 Å². The Morgan fingerprint density at radius 3 is 0.839 bits per heavy atom. The zero-order chi connectivity index (χ0) is 19.4. The molecule has 0 saturated heterocycles. The average Bonchev–Trinajstić information content (AvgIpc) is 2.16. The smallest absolute Gasteiger partial charge is 0.810 e. The first kappa shape index (κ1) is 58.2. The molecule has 0 aliphatic carbocycles. The fraction of sp³-hybridized carbons (Fsp3) is 1.00. The van der Waals surface area contributed by atoms with Crippen molar-refractivity contribution in [1.82, 2.24) is 9.80 Å². The van der Waals surface area contributed by atoms with Crippen LogP contribution in [0.2, 0.25) is 0 Å². The molecule has 0 heterocycles. The van der Waals surface area contributed by atoms with Gasteiger partial charge in [-0.2, -0.15) is 0 Å². The molecule has 14 nitrogen and oxygen atoms in total. The van der Waals surface area contributed by atoms with E-state index in [1.54, 1.807) is 0 Å². The monoisotopic (exact) mass is 590 g/mol. The van der Waals surface area contributed by atoms with Gasteiger partial charge in [-0.1, -0.05) is 22.8 Å². The summed E-state index contributed by atoms with van der Waals surface area (Å²) in [5.74, 6) is 0. The van der Waals surface area contributed by atoms with Crippen LogP contribution in [0.3, 0.4) is 0 Å². The Hall–Kier alpha value is 7.52. The van der Waals surface area contributed by atoms with Crippen LogP contribution in [-0.4, -0.2) is 52.9 Å². The van der Waals surface area contributed by atoms with E-state index in [1.165, 1.54) is 0 Å². The molecule has 0 aromatic carbocycles. The van der Waals surface area contributed by atoms with Gasteiger partial charge in [-0.3, -0.25) is 9.80 Å². The zero-order valence-electron chi connectivity index (χ0n) is 18.9. The van der Waals surface area contributed by atoms with Gasteiger partial charge >= 0.3 is 207 Å². The van der Waals surface area contributed by atoms with Gasteiger partial charge in [0, 0.05) is 31.9 Å². The molecule has 25 heteroatoms. The van der Waals surface area contributed by atoms with E-state index in [4.69, 9.17) is 4.89 Å². The maximum Gasteiger partial charge on any atom is 1.00 e. The number of hydrogen-bond acceptors (Lipinski definition) is 13. The van der Waals surface area contributed by atoms with Gasteiger partial charge in [-0.25, -0.2) is 0 Å². The summed E-state index contributed by atoms with van der Waals surface area (Å²) in [6.45, 7) is -1.48. The Labute approximate surface area is 335 Å². The third-order valence-electron chi connectivity index (χ3n) is 2.23. The van der Waals surface area contributed by atoms with Crippen molar-refractivity contribution in [3.63, 3.8) is 0 Å². The Bertz CT molecular complexity index is 510. The van der Waals surface area contributed by atoms with Gasteiger partial charge in [0.1, 0.15) is 7.60 Å². The molecular formula is C6H13N2Na7O12P4. The maximum atomic E-state index is 10.8. The van der Waals surface area contributed by atoms with Crippen molar-refractivity contribution in [3.8, 4) is 0 Å². The molecule has 0 rings (SSSR count). The summed E-state index contributed by atoms with van der Waals surface area (Å²) in [6.07, 6.45) is -5.45. The van der Waals surface area contributed by atoms with Crippen LogP contribution in [0.1, 0.15) is 0 Å². The fourth-order valence-corrected chi connectivity index (χ4v) is 4.90. The van der Waals surface area contributed by atoms with Crippen molar-refractivity contribution in [3.05, 3.63) is 0 Å². The van der Waals surface area contributed by atoms with E-state index in [-0.39, 0.29) is 207 Å². The van der Waals surface area contributed by atoms with Crippen molar-refractivity contribution in [1.29, 1.82) is 0 Å². The van der Waals surface area contributed by atoms with E-state index in [0.717, 1.165) is 0 Å². The van der Waals surface area contributed by atoms with E-state index >= 15 is 0 Å². The normalized spacial score (nSPS) is 12.8. The Balaban J connectivity index is -0.000000126. The molecule has 0 fully saturated rings. The van der Waals surface area contributed by atoms with Crippen LogP contribution in [0.15, 0.2) is 0 Å². The van der Waals surface area contributed by atoms with Crippen LogP contribution in [0.4, 0.5) is 0 Å². The molecule has 146 valence electrons. The van der Waals surface area contributed by atoms with Crippen molar-refractivity contribution in [2.75, 3.05) is 38.2 Å². The van der Waals surface area contributed by atoms with Crippen LogP contribution in [-0.2, 0) is 18.3 Å². The van der Waals surface area contributed by atoms with Crippen molar-refractivity contribution in [2.45, 2.75) is 0 Å². The standard InChI is InChI=1S/C6H20N2O12P4.7Na/c9-21(10,11)3-7(4-22(12,13)14)1-2-8(5-23(15,16)17)6-24(18,19)20;;;;;;;/h1-6H2,(H2,9,10,11)(H2,12,13,14)(H2,15,16,17)(H2,18,19,20);;;;;;;/q;7*+1/p-7. The predicted octanol–water partition coefficient (Wildman–Crippen LogP) is -27.3. The molecule has 1 N–H and O–H groups in total. The van der Waals surface area contributed by atoms with Gasteiger partial charge in [0.2, 0.25) is 0 Å². The van der Waals surface area contributed by atoms with Gasteiger partial charge in [0.05, 0.1) is 6.29 Å². The molecule has 31 heavy (non-hydrogen) atoms. The van der Waals surface area contributed by atoms with Crippen LogP contribution in [0.5, 0.6) is 0 Å². The molecule has 0 spiro atoms. The Morgan fingerprint density at radius 2 is 0.677 bits per heavy atom. The van der Waals surface area contributed by atoms with Gasteiger partial charge in [0.25, 0.3) is 0 Å². The number of rotatable bonds is 11. The van der Waals surface area contributed by atoms with Crippen molar-refractivity contribution < 1.29 is 264 Å². The van der Waals surface area contributed by atoms with Crippen LogP contribution < -0.4 is 241 Å². The largest absolute Gasteiger partial charge is 1.00 e. The van der Waals surface area contributed by atoms with E-state index in [2.05, 4.69) is 0 Å². The Kier molecular flexibility index (Phi) is 49.6. The summed E-state index contributed by atoms with van der Waals surface area (Å²) in [6, 6.07) is 0. The second-order valence-electron chi connectivity index (χ2n) is 4.82. The van der Waals surface area contributed by atoms with E-state index in [1.807, 2.05) is 0 Å². The van der Waals surface area contributed by atoms with E-state index in [9.17, 15) is 52.5 Å². The molecule has 0 radical (unpaired) electrons. The molecule has 0 aliphatic heterocycles. The minimum Gasteiger partial charge on any atom is -0.810 e. The van der Waals surface area contributed by atoms with Gasteiger partial charge in [-0.05, 0) is 0 Å². The topological polar surface area (TPSA) is 256 Å². The summed E-state index contributed by atoms with van der Waals surface area (Å²) in [7, 11) is -20.9. The molecule has 0 aromatic heterocycles. The van der Waals surface area contributed by atoms with Crippen LogP contribution in [0.25, 0.3) is 0 Å². The first-order valence-electron chi connectivity index (χ1n) is 5.87. The number of hydrogen-bond donors (Lipinski definition) is 1. The average molecular weight is 590 g/mol. The third-order valence-corrected chi connectivity index (χ3v) is 5.23. The maximum absolute atomic E-state index is 10.8. The summed E-state index contributed by atoms with van der Waals surface area (Å²) in [5, 5.41) is 0. The summed E-state index contributed by atoms with van der Waals surface area (Å²) >= 11 is 0. The van der Waals surface area contributed by atoms with E-state index in [0.29, 0.717) is 9.80 Å². The minimum atomic E-state index is -5.29. The molecule has 0 aliphatic rings. The molecule has 1 unspecified atom stereocenters. The summed E-state index contributed by atoms with van der Waals surface area (Å²) in [4.78, 5) is 84.2.